The highest BCUT2D eigenvalue weighted by molar-refractivity contribution is 5.99. The fourth-order valence-electron chi connectivity index (χ4n) is 1.09. The Hall–Kier alpha value is -1.22. The Bertz CT molecular complexity index is 332. The van der Waals surface area contributed by atoms with Crippen LogP contribution < -0.4 is 5.73 Å². The molecule has 0 bridgehead atoms. The zero-order valence-corrected chi connectivity index (χ0v) is 8.16. The van der Waals surface area contributed by atoms with Crippen molar-refractivity contribution in [2.75, 3.05) is 0 Å². The molecule has 2 N–H and O–H groups in total. The van der Waals surface area contributed by atoms with Gasteiger partial charge in [0.2, 0.25) is 0 Å². The molecule has 0 spiro atoms. The van der Waals surface area contributed by atoms with E-state index in [9.17, 15) is 4.79 Å². The summed E-state index contributed by atoms with van der Waals surface area (Å²) in [5, 5.41) is 0. The van der Waals surface area contributed by atoms with Crippen molar-refractivity contribution in [2.45, 2.75) is 26.8 Å². The molecule has 0 radical (unpaired) electrons. The molecule has 1 aromatic rings. The average molecular weight is 178 g/mol. The van der Waals surface area contributed by atoms with E-state index in [0.29, 0.717) is 5.69 Å². The summed E-state index contributed by atoms with van der Waals surface area (Å²) in [6, 6.07) is 3.29. The van der Waals surface area contributed by atoms with Crippen molar-refractivity contribution >= 4 is 5.78 Å². The maximum atomic E-state index is 11.5. The summed E-state index contributed by atoms with van der Waals surface area (Å²) in [7, 11) is 0. The third-order valence-corrected chi connectivity index (χ3v) is 1.88. The van der Waals surface area contributed by atoms with Crippen LogP contribution >= 0.6 is 0 Å². The standard InChI is InChI=1S/C10H14N2O/c1-6-4-5-7(2)12-9(6)10(13)8(3)11/h4-5,8H,11H2,1-3H3. The minimum absolute atomic E-state index is 0.0961. The van der Waals surface area contributed by atoms with Gasteiger partial charge in [0, 0.05) is 5.69 Å². The van der Waals surface area contributed by atoms with E-state index in [0.717, 1.165) is 11.3 Å². The smallest absolute Gasteiger partial charge is 0.197 e. The number of hydrogen-bond donors (Lipinski definition) is 1. The predicted molar refractivity (Wildman–Crippen MR) is 51.7 cm³/mol. The van der Waals surface area contributed by atoms with Gasteiger partial charge in [-0.3, -0.25) is 4.79 Å². The second kappa shape index (κ2) is 3.66. The lowest BCUT2D eigenvalue weighted by Crippen LogP contribution is -2.28. The highest BCUT2D eigenvalue weighted by Gasteiger charge is 2.14. The van der Waals surface area contributed by atoms with Crippen molar-refractivity contribution in [1.29, 1.82) is 0 Å². The predicted octanol–water partition coefficient (Wildman–Crippen LogP) is 1.23. The van der Waals surface area contributed by atoms with E-state index in [-0.39, 0.29) is 5.78 Å². The van der Waals surface area contributed by atoms with E-state index in [2.05, 4.69) is 4.98 Å². The van der Waals surface area contributed by atoms with Crippen molar-refractivity contribution in [3.63, 3.8) is 0 Å². The molecule has 0 aliphatic rings. The van der Waals surface area contributed by atoms with Crippen LogP contribution in [0.25, 0.3) is 0 Å². The number of nitrogens with zero attached hydrogens (tertiary/aromatic N) is 1. The van der Waals surface area contributed by atoms with Crippen LogP contribution in [0.5, 0.6) is 0 Å². The van der Waals surface area contributed by atoms with Gasteiger partial charge in [0.25, 0.3) is 0 Å². The number of aryl methyl sites for hydroxylation is 2. The summed E-state index contributed by atoms with van der Waals surface area (Å²) in [5.74, 6) is -0.0961. The molecule has 1 atom stereocenters. The number of aromatic nitrogens is 1. The number of rotatable bonds is 2. The molecule has 0 aliphatic heterocycles. The van der Waals surface area contributed by atoms with Crippen molar-refractivity contribution in [3.05, 3.63) is 29.1 Å². The average Bonchev–Trinajstić information content (AvgIpc) is 2.08. The number of carbonyl (C=O) groups excluding carboxylic acids is 1. The Kier molecular flexibility index (Phi) is 2.78. The third kappa shape index (κ3) is 2.12. The summed E-state index contributed by atoms with van der Waals surface area (Å²) >= 11 is 0. The number of pyridine rings is 1. The van der Waals surface area contributed by atoms with Gasteiger partial charge >= 0.3 is 0 Å². The van der Waals surface area contributed by atoms with Crippen LogP contribution in [-0.4, -0.2) is 16.8 Å². The first kappa shape index (κ1) is 9.86. The first-order valence-corrected chi connectivity index (χ1v) is 4.26. The lowest BCUT2D eigenvalue weighted by molar-refractivity contribution is 0.0962. The van der Waals surface area contributed by atoms with E-state index >= 15 is 0 Å². The van der Waals surface area contributed by atoms with Gasteiger partial charge < -0.3 is 5.73 Å². The summed E-state index contributed by atoms with van der Waals surface area (Å²) in [6.45, 7) is 5.39. The number of hydrogen-bond acceptors (Lipinski definition) is 3. The second-order valence-electron chi connectivity index (χ2n) is 3.27. The maximum absolute atomic E-state index is 11.5. The Morgan fingerprint density at radius 2 is 2.08 bits per heavy atom. The van der Waals surface area contributed by atoms with Crippen LogP contribution in [0.2, 0.25) is 0 Å². The maximum Gasteiger partial charge on any atom is 0.197 e. The molecule has 1 rings (SSSR count). The van der Waals surface area contributed by atoms with Crippen molar-refractivity contribution in [1.82, 2.24) is 4.98 Å². The van der Waals surface area contributed by atoms with Gasteiger partial charge in [-0.15, -0.1) is 0 Å². The largest absolute Gasteiger partial charge is 0.321 e. The van der Waals surface area contributed by atoms with Crippen LogP contribution in [0, 0.1) is 13.8 Å². The van der Waals surface area contributed by atoms with Gasteiger partial charge in [-0.2, -0.15) is 0 Å². The molecule has 0 amide bonds. The summed E-state index contributed by atoms with van der Waals surface area (Å²) in [5.41, 5.74) is 7.72. The molecule has 0 fully saturated rings. The van der Waals surface area contributed by atoms with Crippen molar-refractivity contribution in [3.8, 4) is 0 Å². The van der Waals surface area contributed by atoms with Crippen LogP contribution in [0.1, 0.15) is 28.7 Å². The summed E-state index contributed by atoms with van der Waals surface area (Å²) in [6.07, 6.45) is 0. The Balaban J connectivity index is 3.13. The molecular formula is C10H14N2O. The minimum atomic E-state index is -0.479. The molecule has 70 valence electrons. The van der Waals surface area contributed by atoms with E-state index in [1.54, 1.807) is 6.92 Å². The summed E-state index contributed by atoms with van der Waals surface area (Å²) < 4.78 is 0. The quantitative estimate of drug-likeness (QED) is 0.693. The van der Waals surface area contributed by atoms with Crippen LogP contribution in [-0.2, 0) is 0 Å². The molecular weight excluding hydrogens is 164 g/mol. The third-order valence-electron chi connectivity index (χ3n) is 1.88. The molecule has 1 aromatic heterocycles. The molecule has 0 aromatic carbocycles. The normalized spacial score (nSPS) is 12.6. The van der Waals surface area contributed by atoms with E-state index in [4.69, 9.17) is 5.73 Å². The first-order valence-electron chi connectivity index (χ1n) is 4.26. The number of nitrogens with two attached hydrogens (primary N) is 1. The molecule has 1 unspecified atom stereocenters. The molecule has 3 heteroatoms. The van der Waals surface area contributed by atoms with Gasteiger partial charge in [0.05, 0.1) is 6.04 Å². The topological polar surface area (TPSA) is 56.0 Å². The van der Waals surface area contributed by atoms with Gasteiger partial charge in [0.1, 0.15) is 5.69 Å². The van der Waals surface area contributed by atoms with Crippen molar-refractivity contribution < 1.29 is 4.79 Å². The van der Waals surface area contributed by atoms with Gasteiger partial charge in [-0.25, -0.2) is 4.98 Å². The Morgan fingerprint density at radius 1 is 1.46 bits per heavy atom. The lowest BCUT2D eigenvalue weighted by atomic mass is 10.1. The van der Waals surface area contributed by atoms with E-state index in [1.807, 2.05) is 26.0 Å². The molecule has 3 nitrogen and oxygen atoms in total. The van der Waals surface area contributed by atoms with Gasteiger partial charge in [-0.1, -0.05) is 6.07 Å². The molecule has 0 aliphatic carbocycles. The van der Waals surface area contributed by atoms with Gasteiger partial charge in [0.15, 0.2) is 5.78 Å². The van der Waals surface area contributed by atoms with Crippen molar-refractivity contribution in [2.24, 2.45) is 5.73 Å². The van der Waals surface area contributed by atoms with Crippen LogP contribution in [0.4, 0.5) is 0 Å². The van der Waals surface area contributed by atoms with Crippen LogP contribution in [0.15, 0.2) is 12.1 Å². The number of ketones is 1. The zero-order chi connectivity index (χ0) is 10.0. The lowest BCUT2D eigenvalue weighted by Gasteiger charge is -2.07. The fourth-order valence-corrected chi connectivity index (χ4v) is 1.09. The SMILES string of the molecule is Cc1ccc(C)c(C(=O)C(C)N)n1. The Morgan fingerprint density at radius 3 is 2.62 bits per heavy atom. The highest BCUT2D eigenvalue weighted by Crippen LogP contribution is 2.07. The molecule has 0 saturated heterocycles. The second-order valence-corrected chi connectivity index (χ2v) is 3.27. The van der Waals surface area contributed by atoms with Gasteiger partial charge in [-0.05, 0) is 32.4 Å². The first-order chi connectivity index (χ1) is 6.02. The fraction of sp³-hybridized carbons (Fsp3) is 0.400. The monoisotopic (exact) mass is 178 g/mol. The van der Waals surface area contributed by atoms with E-state index in [1.165, 1.54) is 0 Å². The summed E-state index contributed by atoms with van der Waals surface area (Å²) in [4.78, 5) is 15.7. The molecule has 13 heavy (non-hydrogen) atoms. The highest BCUT2D eigenvalue weighted by atomic mass is 16.1. The molecule has 1 heterocycles. The Labute approximate surface area is 78.0 Å². The zero-order valence-electron chi connectivity index (χ0n) is 8.16. The minimum Gasteiger partial charge on any atom is -0.321 e. The van der Waals surface area contributed by atoms with E-state index < -0.39 is 6.04 Å². The number of carbonyl (C=O) groups is 1. The van der Waals surface area contributed by atoms with Crippen LogP contribution in [0.3, 0.4) is 0 Å². The molecule has 0 saturated carbocycles. The number of Topliss-reactive ketones (excluding diaryl/α,β-unsaturated/α-hetero) is 1.